The summed E-state index contributed by atoms with van der Waals surface area (Å²) in [5, 5.41) is 5.34. The lowest BCUT2D eigenvalue weighted by atomic mass is 9.98. The van der Waals surface area contributed by atoms with Crippen molar-refractivity contribution in [1.82, 2.24) is 10.6 Å². The van der Waals surface area contributed by atoms with Crippen molar-refractivity contribution in [3.63, 3.8) is 0 Å². The number of aldehydes is 1. The Labute approximate surface area is 155 Å². The molecular formula is C20H30N2O4. The molecule has 144 valence electrons. The normalized spacial score (nSPS) is 14.2. The Morgan fingerprint density at radius 2 is 1.77 bits per heavy atom. The zero-order valence-corrected chi connectivity index (χ0v) is 16.0. The van der Waals surface area contributed by atoms with Crippen LogP contribution in [-0.4, -0.2) is 30.4 Å². The third-order valence-corrected chi connectivity index (χ3v) is 4.24. The molecule has 0 radical (unpaired) electrons. The van der Waals surface area contributed by atoms with Gasteiger partial charge in [0, 0.05) is 0 Å². The minimum absolute atomic E-state index is 0.0289. The van der Waals surface area contributed by atoms with Gasteiger partial charge in [-0.25, -0.2) is 4.79 Å². The van der Waals surface area contributed by atoms with Crippen LogP contribution in [-0.2, 0) is 20.9 Å². The molecule has 0 aliphatic rings. The summed E-state index contributed by atoms with van der Waals surface area (Å²) in [6.07, 6.45) is 1.32. The van der Waals surface area contributed by atoms with E-state index in [2.05, 4.69) is 10.6 Å². The zero-order chi connectivity index (χ0) is 19.5. The molecule has 6 nitrogen and oxygen atoms in total. The standard InChI is InChI=1S/C20H30N2O4/c1-5-15(4)18(12-23)21-19(24)17(11-14(2)3)22-20(25)26-13-16-9-7-6-8-10-16/h6-10,12,14-15,17-18H,5,11,13H2,1-4H3,(H,21,24)(H,22,25)/t15?,17-,18?/m0/s1. The van der Waals surface area contributed by atoms with Crippen LogP contribution in [0.5, 0.6) is 0 Å². The van der Waals surface area contributed by atoms with Crippen molar-refractivity contribution >= 4 is 18.3 Å². The summed E-state index contributed by atoms with van der Waals surface area (Å²) in [6.45, 7) is 7.91. The van der Waals surface area contributed by atoms with Gasteiger partial charge in [0.1, 0.15) is 18.9 Å². The SMILES string of the molecule is CCC(C)C(C=O)NC(=O)[C@H](CC(C)C)NC(=O)OCc1ccccc1. The summed E-state index contributed by atoms with van der Waals surface area (Å²) in [5.74, 6) is -0.146. The van der Waals surface area contributed by atoms with Crippen molar-refractivity contribution in [3.8, 4) is 0 Å². The van der Waals surface area contributed by atoms with Crippen LogP contribution in [0.4, 0.5) is 4.79 Å². The van der Waals surface area contributed by atoms with E-state index in [1.807, 2.05) is 58.0 Å². The van der Waals surface area contributed by atoms with Gasteiger partial charge in [0.25, 0.3) is 0 Å². The predicted molar refractivity (Wildman–Crippen MR) is 100 cm³/mol. The van der Waals surface area contributed by atoms with E-state index in [0.29, 0.717) is 6.42 Å². The molecule has 0 aliphatic heterocycles. The third-order valence-electron chi connectivity index (χ3n) is 4.24. The highest BCUT2D eigenvalue weighted by Gasteiger charge is 2.26. The maximum atomic E-state index is 12.5. The smallest absolute Gasteiger partial charge is 0.408 e. The Balaban J connectivity index is 2.65. The fourth-order valence-electron chi connectivity index (χ4n) is 2.44. The second-order valence-corrected chi connectivity index (χ2v) is 6.94. The minimum Gasteiger partial charge on any atom is -0.445 e. The van der Waals surface area contributed by atoms with Crippen LogP contribution in [0.3, 0.4) is 0 Å². The number of hydrogen-bond acceptors (Lipinski definition) is 4. The van der Waals surface area contributed by atoms with Crippen LogP contribution in [0.15, 0.2) is 30.3 Å². The summed E-state index contributed by atoms with van der Waals surface area (Å²) < 4.78 is 5.19. The molecule has 26 heavy (non-hydrogen) atoms. The third kappa shape index (κ3) is 7.68. The number of amides is 2. The molecule has 1 aromatic rings. The Bertz CT molecular complexity index is 574. The average Bonchev–Trinajstić information content (AvgIpc) is 2.63. The van der Waals surface area contributed by atoms with Gasteiger partial charge in [-0.3, -0.25) is 4.79 Å². The maximum absolute atomic E-state index is 12.5. The quantitative estimate of drug-likeness (QED) is 0.627. The van der Waals surface area contributed by atoms with Gasteiger partial charge in [-0.15, -0.1) is 0 Å². The van der Waals surface area contributed by atoms with Crippen molar-refractivity contribution in [1.29, 1.82) is 0 Å². The first-order chi connectivity index (χ1) is 12.4. The number of rotatable bonds is 10. The Hall–Kier alpha value is -2.37. The van der Waals surface area contributed by atoms with Gasteiger partial charge in [0.2, 0.25) is 5.91 Å². The van der Waals surface area contributed by atoms with Crippen molar-refractivity contribution in [2.75, 3.05) is 0 Å². The van der Waals surface area contributed by atoms with Crippen LogP contribution in [0, 0.1) is 11.8 Å². The number of nitrogens with one attached hydrogen (secondary N) is 2. The lowest BCUT2D eigenvalue weighted by molar-refractivity contribution is -0.126. The van der Waals surface area contributed by atoms with Gasteiger partial charge in [-0.1, -0.05) is 64.4 Å². The van der Waals surface area contributed by atoms with Gasteiger partial charge in [-0.05, 0) is 23.8 Å². The number of carbonyl (C=O) groups excluding carboxylic acids is 3. The molecule has 0 aromatic heterocycles. The van der Waals surface area contributed by atoms with Crippen molar-refractivity contribution < 1.29 is 19.1 Å². The molecule has 0 saturated heterocycles. The second-order valence-electron chi connectivity index (χ2n) is 6.94. The van der Waals surface area contributed by atoms with Gasteiger partial charge in [0.15, 0.2) is 0 Å². The molecule has 6 heteroatoms. The number of benzene rings is 1. The zero-order valence-electron chi connectivity index (χ0n) is 16.0. The molecule has 0 bridgehead atoms. The number of hydrogen-bond donors (Lipinski definition) is 2. The predicted octanol–water partition coefficient (Wildman–Crippen LogP) is 3.06. The van der Waals surface area contributed by atoms with E-state index < -0.39 is 18.2 Å². The Morgan fingerprint density at radius 3 is 2.31 bits per heavy atom. The van der Waals surface area contributed by atoms with Crippen LogP contribution in [0.1, 0.15) is 46.1 Å². The number of ether oxygens (including phenoxy) is 1. The summed E-state index contributed by atoms with van der Waals surface area (Å²) in [4.78, 5) is 35.9. The molecule has 0 aliphatic carbocycles. The fourth-order valence-corrected chi connectivity index (χ4v) is 2.44. The van der Waals surface area contributed by atoms with Gasteiger partial charge >= 0.3 is 6.09 Å². The molecule has 2 amide bonds. The summed E-state index contributed by atoms with van der Waals surface area (Å²) >= 11 is 0. The average molecular weight is 362 g/mol. The molecular weight excluding hydrogens is 332 g/mol. The summed E-state index contributed by atoms with van der Waals surface area (Å²) in [7, 11) is 0. The Kier molecular flexibility index (Phi) is 9.41. The highest BCUT2D eigenvalue weighted by atomic mass is 16.5. The van der Waals surface area contributed by atoms with Gasteiger partial charge in [-0.2, -0.15) is 0 Å². The van der Waals surface area contributed by atoms with Crippen molar-refractivity contribution in [3.05, 3.63) is 35.9 Å². The highest BCUT2D eigenvalue weighted by molar-refractivity contribution is 5.87. The first-order valence-corrected chi connectivity index (χ1v) is 9.10. The minimum atomic E-state index is -0.746. The molecule has 3 atom stereocenters. The van der Waals surface area contributed by atoms with E-state index in [9.17, 15) is 14.4 Å². The lowest BCUT2D eigenvalue weighted by Crippen LogP contribution is -2.52. The van der Waals surface area contributed by atoms with E-state index in [1.54, 1.807) is 0 Å². The maximum Gasteiger partial charge on any atom is 0.408 e. The van der Waals surface area contributed by atoms with Gasteiger partial charge in [0.05, 0.1) is 6.04 Å². The fraction of sp³-hybridized carbons (Fsp3) is 0.550. The first-order valence-electron chi connectivity index (χ1n) is 9.10. The topological polar surface area (TPSA) is 84.5 Å². The molecule has 1 aromatic carbocycles. The van der Waals surface area contributed by atoms with E-state index in [0.717, 1.165) is 18.3 Å². The summed E-state index contributed by atoms with van der Waals surface area (Å²) in [6, 6.07) is 8.00. The molecule has 0 heterocycles. The largest absolute Gasteiger partial charge is 0.445 e. The summed E-state index contributed by atoms with van der Waals surface area (Å²) in [5.41, 5.74) is 0.866. The molecule has 0 saturated carbocycles. The van der Waals surface area contributed by atoms with Crippen LogP contribution in [0.2, 0.25) is 0 Å². The van der Waals surface area contributed by atoms with Crippen molar-refractivity contribution in [2.24, 2.45) is 11.8 Å². The lowest BCUT2D eigenvalue weighted by Gasteiger charge is -2.24. The van der Waals surface area contributed by atoms with Crippen molar-refractivity contribution in [2.45, 2.75) is 59.2 Å². The molecule has 2 N–H and O–H groups in total. The first kappa shape index (κ1) is 21.7. The van der Waals surface area contributed by atoms with Crippen LogP contribution >= 0.6 is 0 Å². The molecule has 0 spiro atoms. The van der Waals surface area contributed by atoms with E-state index >= 15 is 0 Å². The number of alkyl carbamates (subject to hydrolysis) is 1. The molecule has 0 fully saturated rings. The molecule has 2 unspecified atom stereocenters. The van der Waals surface area contributed by atoms with E-state index in [-0.39, 0.29) is 24.3 Å². The Morgan fingerprint density at radius 1 is 1.12 bits per heavy atom. The van der Waals surface area contributed by atoms with Gasteiger partial charge < -0.3 is 20.2 Å². The van der Waals surface area contributed by atoms with Crippen LogP contribution < -0.4 is 10.6 Å². The monoisotopic (exact) mass is 362 g/mol. The van der Waals surface area contributed by atoms with E-state index in [1.165, 1.54) is 0 Å². The molecule has 1 rings (SSSR count). The van der Waals surface area contributed by atoms with E-state index in [4.69, 9.17) is 4.74 Å². The highest BCUT2D eigenvalue weighted by Crippen LogP contribution is 2.09. The number of carbonyl (C=O) groups is 3. The van der Waals surface area contributed by atoms with Crippen LogP contribution in [0.25, 0.3) is 0 Å². The second kappa shape index (κ2) is 11.3.